The van der Waals surface area contributed by atoms with Gasteiger partial charge in [0.15, 0.2) is 0 Å². The van der Waals surface area contributed by atoms with Gasteiger partial charge >= 0.3 is 0 Å². The first-order chi connectivity index (χ1) is 8.90. The molecule has 0 unspecified atom stereocenters. The lowest BCUT2D eigenvalue weighted by Gasteiger charge is -2.26. The molecule has 1 aliphatic rings. The highest BCUT2D eigenvalue weighted by Crippen LogP contribution is 2.20. The molecule has 1 fully saturated rings. The third-order valence-electron chi connectivity index (χ3n) is 3.64. The third kappa shape index (κ3) is 4.02. The monoisotopic (exact) mass is 247 g/mol. The molecular weight excluding hydrogens is 222 g/mol. The van der Waals surface area contributed by atoms with E-state index in [2.05, 4.69) is 29.2 Å². The lowest BCUT2D eigenvalue weighted by Crippen LogP contribution is -2.30. The van der Waals surface area contributed by atoms with E-state index in [1.54, 1.807) is 0 Å². The summed E-state index contributed by atoms with van der Waals surface area (Å²) in [7, 11) is 0. The molecule has 1 heterocycles. The summed E-state index contributed by atoms with van der Waals surface area (Å²) in [6.45, 7) is 6.63. The maximum atomic E-state index is 5.67. The molecule has 2 rings (SSSR count). The second-order valence-corrected chi connectivity index (χ2v) is 5.05. The molecule has 0 amide bonds. The van der Waals surface area contributed by atoms with Crippen molar-refractivity contribution < 1.29 is 4.74 Å². The van der Waals surface area contributed by atoms with Gasteiger partial charge in [-0.3, -0.25) is 0 Å². The average molecular weight is 247 g/mol. The first-order valence-electron chi connectivity index (χ1n) is 7.33. The zero-order valence-corrected chi connectivity index (χ0v) is 11.5. The predicted octanol–water partition coefficient (Wildman–Crippen LogP) is 3.50. The Morgan fingerprint density at radius 1 is 1.11 bits per heavy atom. The Balaban J connectivity index is 1.78. The normalized spacial score (nSPS) is 16.7. The van der Waals surface area contributed by atoms with Crippen molar-refractivity contribution in [1.82, 2.24) is 4.90 Å². The van der Waals surface area contributed by atoms with E-state index in [0.29, 0.717) is 0 Å². The molecule has 18 heavy (non-hydrogen) atoms. The number of aryl methyl sites for hydroxylation is 1. The number of piperidine rings is 1. The zero-order chi connectivity index (χ0) is 12.6. The lowest BCUT2D eigenvalue weighted by molar-refractivity contribution is 0.226. The Morgan fingerprint density at radius 2 is 1.89 bits per heavy atom. The third-order valence-corrected chi connectivity index (χ3v) is 3.64. The van der Waals surface area contributed by atoms with E-state index in [-0.39, 0.29) is 0 Å². The average Bonchev–Trinajstić information content (AvgIpc) is 2.42. The van der Waals surface area contributed by atoms with Crippen LogP contribution in [-0.2, 0) is 6.42 Å². The van der Waals surface area contributed by atoms with Gasteiger partial charge < -0.3 is 9.64 Å². The highest BCUT2D eigenvalue weighted by molar-refractivity contribution is 5.33. The molecule has 0 aliphatic carbocycles. The summed E-state index contributed by atoms with van der Waals surface area (Å²) >= 11 is 0. The van der Waals surface area contributed by atoms with Crippen molar-refractivity contribution in [1.29, 1.82) is 0 Å². The van der Waals surface area contributed by atoms with Gasteiger partial charge in [-0.05, 0) is 63.9 Å². The molecule has 0 bridgehead atoms. The molecule has 0 radical (unpaired) electrons. The number of para-hydroxylation sites is 1. The minimum atomic E-state index is 0.753. The quantitative estimate of drug-likeness (QED) is 0.763. The van der Waals surface area contributed by atoms with Crippen LogP contribution in [0.5, 0.6) is 5.75 Å². The van der Waals surface area contributed by atoms with Gasteiger partial charge in [-0.25, -0.2) is 0 Å². The van der Waals surface area contributed by atoms with Crippen molar-refractivity contribution in [2.75, 3.05) is 26.2 Å². The van der Waals surface area contributed by atoms with Gasteiger partial charge in [-0.1, -0.05) is 24.6 Å². The van der Waals surface area contributed by atoms with Crippen LogP contribution >= 0.6 is 0 Å². The van der Waals surface area contributed by atoms with Crippen LogP contribution in [0.2, 0.25) is 0 Å². The number of rotatable bonds is 6. The fourth-order valence-corrected chi connectivity index (χ4v) is 2.68. The Kier molecular flexibility index (Phi) is 5.53. The molecule has 1 aromatic rings. The predicted molar refractivity (Wildman–Crippen MR) is 76.2 cm³/mol. The Labute approximate surface area is 111 Å². The fraction of sp³-hybridized carbons (Fsp3) is 0.625. The summed E-state index contributed by atoms with van der Waals surface area (Å²) in [6.07, 6.45) is 6.56. The van der Waals surface area contributed by atoms with Crippen LogP contribution in [-0.4, -0.2) is 31.1 Å². The highest BCUT2D eigenvalue weighted by Gasteiger charge is 2.09. The van der Waals surface area contributed by atoms with E-state index >= 15 is 0 Å². The van der Waals surface area contributed by atoms with Gasteiger partial charge in [0.25, 0.3) is 0 Å². The topological polar surface area (TPSA) is 12.5 Å². The van der Waals surface area contributed by atoms with E-state index in [9.17, 15) is 0 Å². The van der Waals surface area contributed by atoms with Gasteiger partial charge in [-0.15, -0.1) is 0 Å². The maximum Gasteiger partial charge on any atom is 0.122 e. The van der Waals surface area contributed by atoms with Crippen LogP contribution in [0.25, 0.3) is 0 Å². The van der Waals surface area contributed by atoms with E-state index in [4.69, 9.17) is 4.74 Å². The summed E-state index contributed by atoms with van der Waals surface area (Å²) in [5, 5.41) is 0. The molecule has 1 aromatic carbocycles. The highest BCUT2D eigenvalue weighted by atomic mass is 16.5. The molecule has 0 saturated carbocycles. The second kappa shape index (κ2) is 7.42. The smallest absolute Gasteiger partial charge is 0.122 e. The van der Waals surface area contributed by atoms with Crippen LogP contribution in [0.15, 0.2) is 24.3 Å². The molecule has 0 aromatic heterocycles. The second-order valence-electron chi connectivity index (χ2n) is 5.05. The zero-order valence-electron chi connectivity index (χ0n) is 11.5. The van der Waals surface area contributed by atoms with E-state index in [1.807, 2.05) is 6.92 Å². The molecule has 2 nitrogen and oxygen atoms in total. The summed E-state index contributed by atoms with van der Waals surface area (Å²) in [6, 6.07) is 8.44. The van der Waals surface area contributed by atoms with E-state index in [1.165, 1.54) is 50.9 Å². The molecular formula is C16H25NO. The van der Waals surface area contributed by atoms with Gasteiger partial charge in [-0.2, -0.15) is 0 Å². The summed E-state index contributed by atoms with van der Waals surface area (Å²) in [5.74, 6) is 1.07. The molecule has 1 saturated heterocycles. The molecule has 100 valence electrons. The lowest BCUT2D eigenvalue weighted by atomic mass is 10.1. The molecule has 0 spiro atoms. The van der Waals surface area contributed by atoms with Crippen molar-refractivity contribution in [3.63, 3.8) is 0 Å². The van der Waals surface area contributed by atoms with Crippen LogP contribution in [0, 0.1) is 0 Å². The van der Waals surface area contributed by atoms with Crippen molar-refractivity contribution in [3.8, 4) is 5.75 Å². The standard InChI is InChI=1S/C16H25NO/c1-2-18-16-11-5-4-9-15(16)10-8-14-17-12-6-3-7-13-17/h4-5,9,11H,2-3,6-8,10,12-14H2,1H3. The van der Waals surface area contributed by atoms with E-state index < -0.39 is 0 Å². The molecule has 0 N–H and O–H groups in total. The van der Waals surface area contributed by atoms with Crippen molar-refractivity contribution in [2.45, 2.75) is 39.0 Å². The van der Waals surface area contributed by atoms with Crippen LogP contribution < -0.4 is 4.74 Å². The number of nitrogens with zero attached hydrogens (tertiary/aromatic N) is 1. The number of hydrogen-bond donors (Lipinski definition) is 0. The van der Waals surface area contributed by atoms with Gasteiger partial charge in [0.1, 0.15) is 5.75 Å². The maximum absolute atomic E-state index is 5.67. The summed E-state index contributed by atoms with van der Waals surface area (Å²) in [5.41, 5.74) is 1.36. The van der Waals surface area contributed by atoms with Gasteiger partial charge in [0.2, 0.25) is 0 Å². The van der Waals surface area contributed by atoms with Crippen LogP contribution in [0.4, 0.5) is 0 Å². The molecule has 1 aliphatic heterocycles. The first-order valence-corrected chi connectivity index (χ1v) is 7.33. The minimum absolute atomic E-state index is 0.753. The van der Waals surface area contributed by atoms with Crippen molar-refractivity contribution >= 4 is 0 Å². The number of benzene rings is 1. The summed E-state index contributed by atoms with van der Waals surface area (Å²) < 4.78 is 5.67. The number of likely N-dealkylation sites (tertiary alicyclic amines) is 1. The van der Waals surface area contributed by atoms with Gasteiger partial charge in [0, 0.05) is 0 Å². The van der Waals surface area contributed by atoms with E-state index in [0.717, 1.165) is 18.8 Å². The fourth-order valence-electron chi connectivity index (χ4n) is 2.68. The van der Waals surface area contributed by atoms with Crippen LogP contribution in [0.1, 0.15) is 38.2 Å². The van der Waals surface area contributed by atoms with Crippen molar-refractivity contribution in [2.24, 2.45) is 0 Å². The Hall–Kier alpha value is -1.02. The van der Waals surface area contributed by atoms with Gasteiger partial charge in [0.05, 0.1) is 6.61 Å². The van der Waals surface area contributed by atoms with Crippen molar-refractivity contribution in [3.05, 3.63) is 29.8 Å². The SMILES string of the molecule is CCOc1ccccc1CCCN1CCCCC1. The summed E-state index contributed by atoms with van der Waals surface area (Å²) in [4.78, 5) is 2.60. The number of ether oxygens (including phenoxy) is 1. The first kappa shape index (κ1) is 13.4. The minimum Gasteiger partial charge on any atom is -0.494 e. The molecule has 2 heteroatoms. The largest absolute Gasteiger partial charge is 0.494 e. The van der Waals surface area contributed by atoms with Crippen LogP contribution in [0.3, 0.4) is 0 Å². The number of hydrogen-bond acceptors (Lipinski definition) is 2. The molecule has 0 atom stereocenters. The Bertz CT molecular complexity index is 345. The Morgan fingerprint density at radius 3 is 2.67 bits per heavy atom.